The first-order chi connectivity index (χ1) is 4.36. The van der Waals surface area contributed by atoms with Crippen LogP contribution in [0.5, 0.6) is 5.88 Å². The van der Waals surface area contributed by atoms with Gasteiger partial charge in [0.05, 0.1) is 13.3 Å². The van der Waals surface area contributed by atoms with Crippen LogP contribution in [0, 0.1) is 0 Å². The fraction of sp³-hybridized carbons (Fsp3) is 0.600. The number of aromatic nitrogens is 3. The van der Waals surface area contributed by atoms with Crippen LogP contribution in [-0.4, -0.2) is 22.1 Å². The van der Waals surface area contributed by atoms with Gasteiger partial charge in [-0.3, -0.25) is 0 Å². The number of rotatable bonds is 2. The molecule has 0 saturated heterocycles. The van der Waals surface area contributed by atoms with Crippen LogP contribution in [0.15, 0.2) is 6.20 Å². The van der Waals surface area contributed by atoms with Crippen molar-refractivity contribution in [3.8, 4) is 5.88 Å². The maximum Gasteiger partial charge on any atom is 0.253 e. The molecule has 1 heterocycles. The minimum absolute atomic E-state index is 0.567. The molecule has 4 nitrogen and oxygen atoms in total. The molecule has 1 rings (SSSR count). The Hall–Kier alpha value is -1.06. The second-order valence-corrected chi connectivity index (χ2v) is 1.62. The van der Waals surface area contributed by atoms with Gasteiger partial charge < -0.3 is 4.74 Å². The summed E-state index contributed by atoms with van der Waals surface area (Å²) in [5, 5.41) is 7.44. The Balaban J connectivity index is 2.74. The van der Waals surface area contributed by atoms with E-state index in [2.05, 4.69) is 10.3 Å². The minimum atomic E-state index is 0.567. The van der Waals surface area contributed by atoms with Crippen LogP contribution >= 0.6 is 0 Å². The predicted octanol–water partition coefficient (Wildman–Crippen LogP) is 0.307. The highest BCUT2D eigenvalue weighted by Gasteiger charge is 1.94. The monoisotopic (exact) mass is 127 g/mol. The predicted molar refractivity (Wildman–Crippen MR) is 32.2 cm³/mol. The lowest BCUT2D eigenvalue weighted by Gasteiger charge is -1.87. The lowest BCUT2D eigenvalue weighted by molar-refractivity contribution is 0.397. The first-order valence-electron chi connectivity index (χ1n) is 2.81. The number of hydrogen-bond acceptors (Lipinski definition) is 3. The highest BCUT2D eigenvalue weighted by molar-refractivity contribution is 4.98. The lowest BCUT2D eigenvalue weighted by atomic mass is 10.7. The van der Waals surface area contributed by atoms with Crippen molar-refractivity contribution in [2.45, 2.75) is 13.5 Å². The average molecular weight is 127 g/mol. The van der Waals surface area contributed by atoms with Crippen molar-refractivity contribution in [3.63, 3.8) is 0 Å². The molecule has 50 valence electrons. The number of nitrogens with zero attached hydrogens (tertiary/aromatic N) is 3. The zero-order valence-electron chi connectivity index (χ0n) is 5.53. The summed E-state index contributed by atoms with van der Waals surface area (Å²) in [6, 6.07) is 0. The summed E-state index contributed by atoms with van der Waals surface area (Å²) in [5.74, 6) is 0.567. The van der Waals surface area contributed by atoms with E-state index < -0.39 is 0 Å². The van der Waals surface area contributed by atoms with E-state index in [4.69, 9.17) is 4.74 Å². The molecular formula is C5H9N3O. The van der Waals surface area contributed by atoms with Crippen molar-refractivity contribution >= 4 is 0 Å². The third kappa shape index (κ3) is 1.19. The third-order valence-corrected chi connectivity index (χ3v) is 1.05. The minimum Gasteiger partial charge on any atom is -0.479 e. The van der Waals surface area contributed by atoms with Gasteiger partial charge in [-0.15, -0.1) is 0 Å². The zero-order chi connectivity index (χ0) is 6.69. The van der Waals surface area contributed by atoms with Gasteiger partial charge in [0.15, 0.2) is 0 Å². The Morgan fingerprint density at radius 1 is 1.78 bits per heavy atom. The van der Waals surface area contributed by atoms with Gasteiger partial charge in [0.25, 0.3) is 5.88 Å². The molecule has 0 aliphatic heterocycles. The van der Waals surface area contributed by atoms with E-state index in [1.54, 1.807) is 18.0 Å². The maximum atomic E-state index is 4.80. The van der Waals surface area contributed by atoms with Gasteiger partial charge >= 0.3 is 0 Å². The maximum absolute atomic E-state index is 4.80. The van der Waals surface area contributed by atoms with Crippen LogP contribution in [0.4, 0.5) is 0 Å². The second-order valence-electron chi connectivity index (χ2n) is 1.62. The summed E-state index contributed by atoms with van der Waals surface area (Å²) >= 11 is 0. The molecule has 0 aliphatic carbocycles. The molecule has 0 saturated carbocycles. The van der Waals surface area contributed by atoms with Gasteiger partial charge in [0.2, 0.25) is 0 Å². The molecular weight excluding hydrogens is 118 g/mol. The highest BCUT2D eigenvalue weighted by Crippen LogP contribution is 1.99. The van der Waals surface area contributed by atoms with E-state index >= 15 is 0 Å². The topological polar surface area (TPSA) is 39.9 Å². The van der Waals surface area contributed by atoms with Crippen molar-refractivity contribution in [2.24, 2.45) is 0 Å². The Labute approximate surface area is 53.4 Å². The fourth-order valence-electron chi connectivity index (χ4n) is 0.529. The molecule has 0 bridgehead atoms. The zero-order valence-corrected chi connectivity index (χ0v) is 5.53. The number of hydrogen-bond donors (Lipinski definition) is 0. The molecule has 1 aromatic heterocycles. The summed E-state index contributed by atoms with van der Waals surface area (Å²) in [5.41, 5.74) is 0. The second kappa shape index (κ2) is 2.48. The van der Waals surface area contributed by atoms with Crippen LogP contribution in [0.1, 0.15) is 6.92 Å². The van der Waals surface area contributed by atoms with Crippen molar-refractivity contribution in [1.82, 2.24) is 15.0 Å². The van der Waals surface area contributed by atoms with E-state index in [0.29, 0.717) is 5.88 Å². The van der Waals surface area contributed by atoms with Gasteiger partial charge in [-0.25, -0.2) is 4.68 Å². The molecule has 0 radical (unpaired) electrons. The van der Waals surface area contributed by atoms with Crippen molar-refractivity contribution in [1.29, 1.82) is 0 Å². The smallest absolute Gasteiger partial charge is 0.253 e. The Bertz CT molecular complexity index is 166. The Kier molecular flexibility index (Phi) is 1.67. The van der Waals surface area contributed by atoms with E-state index in [-0.39, 0.29) is 0 Å². The molecule has 0 aliphatic rings. The van der Waals surface area contributed by atoms with Crippen molar-refractivity contribution in [3.05, 3.63) is 6.20 Å². The van der Waals surface area contributed by atoms with E-state index in [9.17, 15) is 0 Å². The summed E-state index contributed by atoms with van der Waals surface area (Å²) in [6.07, 6.45) is 1.75. The molecule has 0 aromatic carbocycles. The van der Waals surface area contributed by atoms with Crippen molar-refractivity contribution < 1.29 is 4.74 Å². The van der Waals surface area contributed by atoms with Crippen LogP contribution in [0.3, 0.4) is 0 Å². The molecule has 0 amide bonds. The molecule has 0 fully saturated rings. The van der Waals surface area contributed by atoms with Crippen LogP contribution in [0.25, 0.3) is 0 Å². The van der Waals surface area contributed by atoms with Gasteiger partial charge in [-0.05, 0) is 6.92 Å². The normalized spacial score (nSPS) is 9.56. The number of ether oxygens (including phenoxy) is 1. The SMILES string of the molecule is CCn1cc(OC)nn1. The first kappa shape index (κ1) is 6.07. The van der Waals surface area contributed by atoms with Gasteiger partial charge in [-0.1, -0.05) is 10.3 Å². The average Bonchev–Trinajstić information content (AvgIpc) is 2.34. The summed E-state index contributed by atoms with van der Waals surface area (Å²) in [7, 11) is 1.57. The quantitative estimate of drug-likeness (QED) is 0.574. The summed E-state index contributed by atoms with van der Waals surface area (Å²) < 4.78 is 6.51. The van der Waals surface area contributed by atoms with E-state index in [0.717, 1.165) is 6.54 Å². The van der Waals surface area contributed by atoms with Crippen LogP contribution < -0.4 is 4.74 Å². The highest BCUT2D eigenvalue weighted by atomic mass is 16.5. The molecule has 0 atom stereocenters. The third-order valence-electron chi connectivity index (χ3n) is 1.05. The fourth-order valence-corrected chi connectivity index (χ4v) is 0.529. The van der Waals surface area contributed by atoms with E-state index in [1.165, 1.54) is 0 Å². The number of methoxy groups -OCH3 is 1. The summed E-state index contributed by atoms with van der Waals surface area (Å²) in [4.78, 5) is 0. The molecule has 9 heavy (non-hydrogen) atoms. The first-order valence-corrected chi connectivity index (χ1v) is 2.81. The molecule has 1 aromatic rings. The van der Waals surface area contributed by atoms with Crippen molar-refractivity contribution in [2.75, 3.05) is 7.11 Å². The van der Waals surface area contributed by atoms with E-state index in [1.807, 2.05) is 6.92 Å². The van der Waals surface area contributed by atoms with Gasteiger partial charge in [-0.2, -0.15) is 0 Å². The van der Waals surface area contributed by atoms with Crippen LogP contribution in [0.2, 0.25) is 0 Å². The largest absolute Gasteiger partial charge is 0.479 e. The molecule has 0 spiro atoms. The molecule has 0 N–H and O–H groups in total. The molecule has 0 unspecified atom stereocenters. The van der Waals surface area contributed by atoms with Gasteiger partial charge in [0, 0.05) is 6.54 Å². The molecule has 4 heteroatoms. The van der Waals surface area contributed by atoms with Crippen LogP contribution in [-0.2, 0) is 6.54 Å². The lowest BCUT2D eigenvalue weighted by Crippen LogP contribution is -1.93. The Morgan fingerprint density at radius 2 is 2.56 bits per heavy atom. The Morgan fingerprint density at radius 3 is 2.89 bits per heavy atom. The van der Waals surface area contributed by atoms with Gasteiger partial charge in [0.1, 0.15) is 0 Å². The summed E-state index contributed by atoms with van der Waals surface area (Å²) in [6.45, 7) is 2.82. The standard InChI is InChI=1S/C5H9N3O/c1-3-8-4-5(9-2)6-7-8/h4H,3H2,1-2H3. The number of aryl methyl sites for hydroxylation is 1.